The van der Waals surface area contributed by atoms with Crippen LogP contribution in [0.25, 0.3) is 0 Å². The van der Waals surface area contributed by atoms with Crippen molar-refractivity contribution in [3.63, 3.8) is 0 Å². The second-order valence-corrected chi connectivity index (χ2v) is 11.4. The summed E-state index contributed by atoms with van der Waals surface area (Å²) in [7, 11) is 0. The van der Waals surface area contributed by atoms with Crippen molar-refractivity contribution in [2.24, 2.45) is 11.8 Å². The van der Waals surface area contributed by atoms with Gasteiger partial charge < -0.3 is 24.5 Å². The van der Waals surface area contributed by atoms with Crippen LogP contribution in [0.1, 0.15) is 50.5 Å². The summed E-state index contributed by atoms with van der Waals surface area (Å²) in [5.74, 6) is -1.97. The van der Waals surface area contributed by atoms with E-state index in [1.165, 1.54) is 4.90 Å². The van der Waals surface area contributed by atoms with Crippen molar-refractivity contribution in [1.82, 2.24) is 14.7 Å². The van der Waals surface area contributed by atoms with E-state index in [9.17, 15) is 19.5 Å². The summed E-state index contributed by atoms with van der Waals surface area (Å²) in [6, 6.07) is 8.99. The Balaban J connectivity index is 1.47. The first-order valence-electron chi connectivity index (χ1n) is 14.4. The molecule has 1 aliphatic carbocycles. The highest BCUT2D eigenvalue weighted by Gasteiger charge is 2.75. The molecular weight excluding hydrogens is 494 g/mol. The number of carbonyl (C=O) groups excluding carboxylic acids is 3. The lowest BCUT2D eigenvalue weighted by atomic mass is 9.70. The largest absolute Gasteiger partial charge is 0.395 e. The average Bonchev–Trinajstić information content (AvgIpc) is 3.60. The third kappa shape index (κ3) is 4.82. The van der Waals surface area contributed by atoms with Gasteiger partial charge in [0.25, 0.3) is 0 Å². The third-order valence-corrected chi connectivity index (χ3v) is 9.16. The molecular formula is C31H41N3O5. The normalized spacial score (nSPS) is 29.8. The van der Waals surface area contributed by atoms with Crippen LogP contribution >= 0.6 is 0 Å². The van der Waals surface area contributed by atoms with Crippen molar-refractivity contribution >= 4 is 17.7 Å². The zero-order chi connectivity index (χ0) is 27.6. The van der Waals surface area contributed by atoms with Crippen LogP contribution in [-0.4, -0.2) is 87.6 Å². The third-order valence-electron chi connectivity index (χ3n) is 9.16. The number of aliphatic hydroxyl groups excluding tert-OH is 1. The number of carbonyl (C=O) groups is 3. The van der Waals surface area contributed by atoms with Crippen LogP contribution in [0.2, 0.25) is 0 Å². The molecule has 1 aromatic carbocycles. The number of β-amino-alcohol motifs (C(OH)–C–C–N with tert-alkyl or cyclic N) is 1. The summed E-state index contributed by atoms with van der Waals surface area (Å²) in [6.07, 6.45) is 9.34. The number of amides is 3. The summed E-state index contributed by atoms with van der Waals surface area (Å²) < 4.78 is 6.60. The van der Waals surface area contributed by atoms with E-state index in [0.717, 1.165) is 37.7 Å². The number of hydrogen-bond acceptors (Lipinski definition) is 5. The highest BCUT2D eigenvalue weighted by molar-refractivity contribution is 5.99. The lowest BCUT2D eigenvalue weighted by Crippen LogP contribution is -2.58. The standard InChI is InChI=1S/C31H41N3O5/c1-3-17-32(21-22-11-7-5-8-12-22)28(36)25-24-15-16-31(39-24)26(25)29(37)34(19-20-35)27(31)30(38)33(18-4-2)23-13-9-6-10-14-23/h3-5,7-8,11-12,23-27,35H,1-2,6,9-10,13-21H2/t24-,25+,26+,27?,31?/m1/s1. The van der Waals surface area contributed by atoms with Gasteiger partial charge in [0.1, 0.15) is 11.6 Å². The van der Waals surface area contributed by atoms with Gasteiger partial charge >= 0.3 is 0 Å². The molecule has 3 amide bonds. The van der Waals surface area contributed by atoms with Crippen LogP contribution in [0, 0.1) is 11.8 Å². The highest BCUT2D eigenvalue weighted by Crippen LogP contribution is 2.59. The summed E-state index contributed by atoms with van der Waals surface area (Å²) in [4.78, 5) is 47.6. The van der Waals surface area contributed by atoms with Crippen molar-refractivity contribution in [2.45, 2.75) is 75.3 Å². The molecule has 0 radical (unpaired) electrons. The van der Waals surface area contributed by atoms with Crippen molar-refractivity contribution in [1.29, 1.82) is 0 Å². The van der Waals surface area contributed by atoms with Gasteiger partial charge in [-0.3, -0.25) is 14.4 Å². The predicted octanol–water partition coefficient (Wildman–Crippen LogP) is 2.92. The van der Waals surface area contributed by atoms with Crippen molar-refractivity contribution in [2.75, 3.05) is 26.2 Å². The van der Waals surface area contributed by atoms with E-state index in [-0.39, 0.29) is 36.9 Å². The monoisotopic (exact) mass is 535 g/mol. The minimum atomic E-state index is -1.06. The van der Waals surface area contributed by atoms with Gasteiger partial charge in [-0.2, -0.15) is 0 Å². The zero-order valence-electron chi connectivity index (χ0n) is 22.7. The predicted molar refractivity (Wildman–Crippen MR) is 147 cm³/mol. The quantitative estimate of drug-likeness (QED) is 0.440. The van der Waals surface area contributed by atoms with Crippen molar-refractivity contribution in [3.05, 3.63) is 61.2 Å². The number of nitrogens with zero attached hydrogens (tertiary/aromatic N) is 3. The van der Waals surface area contributed by atoms with Gasteiger partial charge in [0.05, 0.1) is 24.5 Å². The van der Waals surface area contributed by atoms with Gasteiger partial charge in [-0.05, 0) is 31.2 Å². The Kier molecular flexibility index (Phi) is 8.24. The number of fused-ring (bicyclic) bond motifs is 1. The van der Waals surface area contributed by atoms with Gasteiger partial charge in [-0.15, -0.1) is 13.2 Å². The fourth-order valence-electron chi connectivity index (χ4n) is 7.57. The van der Waals surface area contributed by atoms with E-state index in [1.54, 1.807) is 17.1 Å². The molecule has 1 spiro atoms. The Morgan fingerprint density at radius 1 is 1.05 bits per heavy atom. The van der Waals surface area contributed by atoms with Gasteiger partial charge in [-0.1, -0.05) is 61.7 Å². The molecule has 3 saturated heterocycles. The molecule has 4 fully saturated rings. The maximum absolute atomic E-state index is 14.4. The molecule has 210 valence electrons. The smallest absolute Gasteiger partial charge is 0.248 e. The topological polar surface area (TPSA) is 90.4 Å². The molecule has 1 aromatic rings. The van der Waals surface area contributed by atoms with Crippen LogP contribution in [0.4, 0.5) is 0 Å². The molecule has 1 N–H and O–H groups in total. The van der Waals surface area contributed by atoms with Crippen LogP contribution in [0.15, 0.2) is 55.6 Å². The molecule has 3 aliphatic heterocycles. The fraction of sp³-hybridized carbons (Fsp3) is 0.581. The number of benzene rings is 1. The minimum absolute atomic E-state index is 0.0371. The maximum Gasteiger partial charge on any atom is 0.248 e. The average molecular weight is 536 g/mol. The summed E-state index contributed by atoms with van der Waals surface area (Å²) in [5, 5.41) is 9.90. The second-order valence-electron chi connectivity index (χ2n) is 11.4. The summed E-state index contributed by atoms with van der Waals surface area (Å²) in [5.41, 5.74) is -0.0681. The van der Waals surface area contributed by atoms with Gasteiger partial charge in [-0.25, -0.2) is 0 Å². The molecule has 3 heterocycles. The first kappa shape index (κ1) is 27.6. The summed E-state index contributed by atoms with van der Waals surface area (Å²) >= 11 is 0. The Labute approximate surface area is 231 Å². The van der Waals surface area contributed by atoms with Gasteiger partial charge in [0.15, 0.2) is 0 Å². The molecule has 5 atom stereocenters. The molecule has 8 nitrogen and oxygen atoms in total. The Morgan fingerprint density at radius 3 is 2.44 bits per heavy atom. The zero-order valence-corrected chi connectivity index (χ0v) is 22.7. The van der Waals surface area contributed by atoms with Crippen LogP contribution < -0.4 is 0 Å². The minimum Gasteiger partial charge on any atom is -0.395 e. The van der Waals surface area contributed by atoms with E-state index >= 15 is 0 Å². The fourth-order valence-corrected chi connectivity index (χ4v) is 7.57. The summed E-state index contributed by atoms with van der Waals surface area (Å²) in [6.45, 7) is 8.66. The number of rotatable bonds is 11. The van der Waals surface area contributed by atoms with E-state index < -0.39 is 29.6 Å². The molecule has 8 heteroatoms. The number of likely N-dealkylation sites (tertiary alicyclic amines) is 1. The van der Waals surface area contributed by atoms with E-state index in [0.29, 0.717) is 32.5 Å². The molecule has 4 aliphatic rings. The lowest BCUT2D eigenvalue weighted by Gasteiger charge is -2.40. The molecule has 39 heavy (non-hydrogen) atoms. The SMILES string of the molecule is C=CCN(Cc1ccccc1)C(=O)[C@@H]1[C@H]2C(=O)N(CCO)C(C(=O)N(CC=C)C3CCCCC3)C23CC[C@H]1O3. The molecule has 1 saturated carbocycles. The van der Waals surface area contributed by atoms with E-state index in [4.69, 9.17) is 4.74 Å². The highest BCUT2D eigenvalue weighted by atomic mass is 16.5. The van der Waals surface area contributed by atoms with Crippen LogP contribution in [0.5, 0.6) is 0 Å². The molecule has 5 rings (SSSR count). The molecule has 2 unspecified atom stereocenters. The Hall–Kier alpha value is -2.97. The van der Waals surface area contributed by atoms with E-state index in [2.05, 4.69) is 13.2 Å². The van der Waals surface area contributed by atoms with Crippen molar-refractivity contribution < 1.29 is 24.2 Å². The van der Waals surface area contributed by atoms with Crippen LogP contribution in [0.3, 0.4) is 0 Å². The first-order chi connectivity index (χ1) is 19.0. The second kappa shape index (κ2) is 11.6. The van der Waals surface area contributed by atoms with Crippen molar-refractivity contribution in [3.8, 4) is 0 Å². The molecule has 0 aromatic heterocycles. The van der Waals surface area contributed by atoms with E-state index in [1.807, 2.05) is 35.2 Å². The number of hydrogen-bond donors (Lipinski definition) is 1. The van der Waals surface area contributed by atoms with Crippen LogP contribution in [-0.2, 0) is 25.7 Å². The lowest BCUT2D eigenvalue weighted by molar-refractivity contribution is -0.151. The van der Waals surface area contributed by atoms with Gasteiger partial charge in [0, 0.05) is 32.2 Å². The van der Waals surface area contributed by atoms with Gasteiger partial charge in [0.2, 0.25) is 17.7 Å². The Bertz CT molecular complexity index is 1090. The first-order valence-corrected chi connectivity index (χ1v) is 14.4. The molecule has 2 bridgehead atoms. The number of ether oxygens (including phenoxy) is 1. The Morgan fingerprint density at radius 2 is 1.77 bits per heavy atom. The maximum atomic E-state index is 14.4. The number of aliphatic hydroxyl groups is 1.